The first-order chi connectivity index (χ1) is 9.86. The number of H-pyrrole nitrogens is 2. The van der Waals surface area contributed by atoms with Crippen LogP contribution < -0.4 is 11.9 Å². The van der Waals surface area contributed by atoms with Gasteiger partial charge in [-0.1, -0.05) is 29.7 Å². The molecule has 11 N–H and O–H groups in total. The van der Waals surface area contributed by atoms with Crippen LogP contribution >= 0.6 is 0 Å². The molecule has 0 unspecified atom stereocenters. The second-order valence-electron chi connectivity index (χ2n) is 3.06. The summed E-state index contributed by atoms with van der Waals surface area (Å²) in [6.07, 6.45) is 8.79. The molecule has 0 saturated heterocycles. The van der Waals surface area contributed by atoms with Gasteiger partial charge in [0.2, 0.25) is 0 Å². The molecule has 2 aromatic heterocycles. The summed E-state index contributed by atoms with van der Waals surface area (Å²) in [5.74, 6) is 0. The molecule has 26 heavy (non-hydrogen) atoms. The number of carbonyl (C=O) groups excluding carboxylic acids is 1. The van der Waals surface area contributed by atoms with Crippen LogP contribution in [0.5, 0.6) is 0 Å². The number of rotatable bonds is 4. The van der Waals surface area contributed by atoms with E-state index in [2.05, 4.69) is 19.9 Å². The van der Waals surface area contributed by atoms with Crippen LogP contribution in [-0.4, -0.2) is 48.8 Å². The van der Waals surface area contributed by atoms with Crippen LogP contribution in [-0.2, 0) is 17.6 Å². The molecule has 0 aromatic carbocycles. The van der Waals surface area contributed by atoms with Gasteiger partial charge in [0, 0.05) is 46.6 Å². The van der Waals surface area contributed by atoms with Crippen molar-refractivity contribution in [3.8, 4) is 0 Å². The summed E-state index contributed by atoms with van der Waals surface area (Å²) in [4.78, 5) is 37.1. The molecule has 0 spiro atoms. The Morgan fingerprint density at radius 1 is 0.962 bits per heavy atom. The minimum absolute atomic E-state index is 0. The average molecular weight is 386 g/mol. The minimum atomic E-state index is 0. The van der Waals surface area contributed by atoms with Gasteiger partial charge in [-0.15, -0.1) is 0 Å². The molecule has 0 saturated carbocycles. The van der Waals surface area contributed by atoms with Crippen LogP contribution in [0.3, 0.4) is 0 Å². The molecule has 2 rings (SSSR count). The second-order valence-corrected chi connectivity index (χ2v) is 3.06. The predicted octanol–water partition coefficient (Wildman–Crippen LogP) is 2.03. The molecule has 0 bridgehead atoms. The largest absolute Gasteiger partial charge is 0.412 e. The van der Waals surface area contributed by atoms with Gasteiger partial charge in [-0.2, -0.15) is 0 Å². The van der Waals surface area contributed by atoms with E-state index in [0.29, 0.717) is 13.0 Å². The van der Waals surface area contributed by atoms with Crippen LogP contribution in [0.2, 0.25) is 0 Å². The number of nitrogens with one attached hydrogen (secondary N) is 2. The molecular weight excluding hydrogens is 348 g/mol. The first-order valence-electron chi connectivity index (χ1n) is 5.31. The second kappa shape index (κ2) is 43.3. The molecule has 160 valence electrons. The molecule has 0 aliphatic heterocycles. The van der Waals surface area contributed by atoms with Crippen molar-refractivity contribution in [2.24, 2.45) is 5.73 Å². The fraction of sp³-hybridized carbons (Fsp3) is 0.500. The Morgan fingerprint density at radius 3 is 1.62 bits per heavy atom. The number of aromatic amines is 2. The third-order valence-corrected chi connectivity index (χ3v) is 1.83. The van der Waals surface area contributed by atoms with Crippen molar-refractivity contribution in [1.29, 1.82) is 0 Å². The van der Waals surface area contributed by atoms with Gasteiger partial charge in [0.05, 0.1) is 12.7 Å². The number of hydrogen-bond acceptors (Lipinski definition) is 9. The van der Waals surface area contributed by atoms with E-state index in [4.69, 9.17) is 26.2 Å². The number of imidazole rings is 2. The monoisotopic (exact) mass is 386 g/mol. The molecule has 0 aliphatic carbocycles. The van der Waals surface area contributed by atoms with E-state index in [1.807, 2.05) is 0 Å². The smallest absolute Gasteiger partial charge is 0.125 e. The summed E-state index contributed by atoms with van der Waals surface area (Å²) in [7, 11) is 0. The van der Waals surface area contributed by atoms with Crippen molar-refractivity contribution in [2.75, 3.05) is 6.54 Å². The molecule has 12 heteroatoms. The maximum absolute atomic E-state index is 9.82. The van der Waals surface area contributed by atoms with E-state index in [1.54, 1.807) is 25.0 Å². The summed E-state index contributed by atoms with van der Waals surface area (Å²) in [5, 5.41) is 12.0. The van der Waals surface area contributed by atoms with Crippen LogP contribution in [0.1, 0.15) is 41.1 Å². The zero-order valence-electron chi connectivity index (χ0n) is 11.8. The van der Waals surface area contributed by atoms with Gasteiger partial charge in [0.15, 0.2) is 0 Å². The number of hydrogen-bond donors (Lipinski definition) is 6. The molecule has 2 aromatic rings. The summed E-state index contributed by atoms with van der Waals surface area (Å²) in [6, 6.07) is 0. The van der Waals surface area contributed by atoms with Gasteiger partial charge < -0.3 is 32.1 Å². The van der Waals surface area contributed by atoms with Crippen LogP contribution in [0.4, 0.5) is 0 Å². The van der Waals surface area contributed by atoms with E-state index in [1.165, 1.54) is 0 Å². The third-order valence-electron chi connectivity index (χ3n) is 1.83. The highest BCUT2D eigenvalue weighted by Gasteiger charge is 1.87. The molecule has 0 aliphatic rings. The predicted molar refractivity (Wildman–Crippen MR) is 107 cm³/mol. The number of nitrogens with two attached hydrogens (primary N) is 1. The lowest BCUT2D eigenvalue weighted by molar-refractivity contribution is -0.176. The molecule has 2 heterocycles. The van der Waals surface area contributed by atoms with Crippen LogP contribution in [0.15, 0.2) is 25.0 Å². The van der Waals surface area contributed by atoms with Crippen LogP contribution in [0.25, 0.3) is 0 Å². The lowest BCUT2D eigenvalue weighted by atomic mass is 10.3. The zero-order valence-corrected chi connectivity index (χ0v) is 11.8. The van der Waals surface area contributed by atoms with Gasteiger partial charge in [-0.3, -0.25) is 10.5 Å². The SMILES string of the molecule is C.C.C.C.N.NCCc1cnc[nH]1.O.O=CCc1cnc[nH]1.O=O.OO. The Morgan fingerprint density at radius 2 is 1.35 bits per heavy atom. The molecule has 0 fully saturated rings. The van der Waals surface area contributed by atoms with Gasteiger partial charge >= 0.3 is 0 Å². The van der Waals surface area contributed by atoms with Crippen molar-refractivity contribution >= 4 is 6.29 Å². The Balaban J connectivity index is -0.0000000292. The summed E-state index contributed by atoms with van der Waals surface area (Å²) in [5.41, 5.74) is 7.24. The highest BCUT2D eigenvalue weighted by molar-refractivity contribution is 5.53. The maximum atomic E-state index is 9.82. The standard InChI is InChI=1S/C5H9N3.C5H6N2O.4CH4.H3N.H2O2.O2.H2O/c6-2-1-5-3-7-4-8-5;8-2-1-5-3-6-4-7-5;;;;;;2*1-2;/h3-4H,1-2,6H2,(H,7,8);2-4H,1H2,(H,6,7);4*1H4;1H3;1-2H;;1H2. The van der Waals surface area contributed by atoms with E-state index < -0.39 is 0 Å². The Bertz CT molecular complexity index is 400. The lowest BCUT2D eigenvalue weighted by Crippen LogP contribution is -2.02. The van der Waals surface area contributed by atoms with Gasteiger partial charge in [-0.25, -0.2) is 9.97 Å². The number of nitrogens with zero attached hydrogens (tertiary/aromatic N) is 2. The number of aromatic nitrogens is 4. The maximum Gasteiger partial charge on any atom is 0.125 e. The molecule has 0 atom stereocenters. The summed E-state index contributed by atoms with van der Waals surface area (Å²) >= 11 is 0. The van der Waals surface area contributed by atoms with Crippen LogP contribution in [0, 0.1) is 9.93 Å². The third kappa shape index (κ3) is 29.5. The highest BCUT2D eigenvalue weighted by Crippen LogP contribution is 1.88. The number of aldehydes is 1. The topological polar surface area (TPSA) is 242 Å². The average Bonchev–Trinajstić information content (AvgIpc) is 3.19. The molecule has 0 radical (unpaired) electrons. The first kappa shape index (κ1) is 49.5. The van der Waals surface area contributed by atoms with E-state index >= 15 is 0 Å². The summed E-state index contributed by atoms with van der Waals surface area (Å²) in [6.45, 7) is 0.683. The van der Waals surface area contributed by atoms with Crippen molar-refractivity contribution in [3.05, 3.63) is 46.4 Å². The van der Waals surface area contributed by atoms with E-state index in [0.717, 1.165) is 24.1 Å². The van der Waals surface area contributed by atoms with Gasteiger partial charge in [-0.05, 0) is 6.54 Å². The van der Waals surface area contributed by atoms with Crippen molar-refractivity contribution < 1.29 is 20.8 Å². The van der Waals surface area contributed by atoms with E-state index in [-0.39, 0.29) is 41.3 Å². The summed E-state index contributed by atoms with van der Waals surface area (Å²) < 4.78 is 0. The van der Waals surface area contributed by atoms with Crippen molar-refractivity contribution in [1.82, 2.24) is 26.1 Å². The quantitative estimate of drug-likeness (QED) is 0.255. The fourth-order valence-electron chi connectivity index (χ4n) is 1.06. The van der Waals surface area contributed by atoms with E-state index in [9.17, 15) is 4.79 Å². The molecule has 0 amide bonds. The van der Waals surface area contributed by atoms with Gasteiger partial charge in [0.25, 0.3) is 0 Å². The Hall–Kier alpha value is -2.51. The molecular formula is C14H38N6O6. The zero-order chi connectivity index (χ0) is 15.6. The van der Waals surface area contributed by atoms with Crippen molar-refractivity contribution in [2.45, 2.75) is 42.5 Å². The Kier molecular flexibility index (Phi) is 82.4. The van der Waals surface area contributed by atoms with Gasteiger partial charge in [0.1, 0.15) is 6.29 Å². The fourth-order valence-corrected chi connectivity index (χ4v) is 1.06. The Labute approximate surface area is 155 Å². The van der Waals surface area contributed by atoms with Crippen molar-refractivity contribution in [3.63, 3.8) is 0 Å². The lowest BCUT2D eigenvalue weighted by Gasteiger charge is -1.86. The normalized spacial score (nSPS) is 6.12. The molecule has 12 nitrogen and oxygen atoms in total. The highest BCUT2D eigenvalue weighted by atomic mass is 17.0. The minimum Gasteiger partial charge on any atom is -0.412 e. The first-order valence-corrected chi connectivity index (χ1v) is 5.31. The number of carbonyl (C=O) groups is 1.